The average Bonchev–Trinajstić information content (AvgIpc) is 3.48. The lowest BCUT2D eigenvalue weighted by Gasteiger charge is -2.47. The Labute approximate surface area is 298 Å². The molecule has 4 amide bonds. The van der Waals surface area contributed by atoms with E-state index >= 15 is 0 Å². The molecule has 2 aliphatic carbocycles. The molecule has 7 rings (SSSR count). The molecule has 0 radical (unpaired) electrons. The van der Waals surface area contributed by atoms with E-state index in [-0.39, 0.29) is 58.5 Å². The van der Waals surface area contributed by atoms with Gasteiger partial charge in [-0.25, -0.2) is 9.29 Å². The smallest absolute Gasteiger partial charge is 0.241 e. The molecule has 0 spiro atoms. The Morgan fingerprint density at radius 1 is 0.941 bits per heavy atom. The standard InChI is InChI=1S/C39H36ClFN2O8/c1-39-27(12-6-21-16-31(50-2)34(45)32(17-21)51-3)24-10-11-25-33(37(48)42(35(25)46)15-14-20-4-8-23(44)9-5-20)26(24)19-28(39)36(47)43(38(39)49)22-7-13-30(41)29(40)18-22/h4-10,12-13,16-18,25-28,33,44-45H,11,14-15,19H2,1-3H3/t25-,26+,27-,28-,33-,39-/m0/s1. The van der Waals surface area contributed by atoms with Crippen molar-refractivity contribution in [2.24, 2.45) is 35.0 Å². The average molecular weight is 715 g/mol. The number of imide groups is 2. The molecule has 1 saturated carbocycles. The van der Waals surface area contributed by atoms with Crippen LogP contribution < -0.4 is 14.4 Å². The number of ether oxygens (including phenoxy) is 2. The minimum Gasteiger partial charge on any atom is -0.508 e. The van der Waals surface area contributed by atoms with Gasteiger partial charge in [0.1, 0.15) is 11.6 Å². The number of rotatable bonds is 8. The van der Waals surface area contributed by atoms with Crippen LogP contribution in [0.1, 0.15) is 30.9 Å². The summed E-state index contributed by atoms with van der Waals surface area (Å²) in [6, 6.07) is 13.5. The van der Waals surface area contributed by atoms with Crippen LogP contribution in [-0.2, 0) is 25.6 Å². The molecule has 0 unspecified atom stereocenters. The maximum atomic E-state index is 14.5. The number of likely N-dealkylation sites (tertiary alicyclic amines) is 1. The van der Waals surface area contributed by atoms with Gasteiger partial charge in [0.25, 0.3) is 0 Å². The van der Waals surface area contributed by atoms with Crippen molar-refractivity contribution in [3.63, 3.8) is 0 Å². The van der Waals surface area contributed by atoms with Gasteiger partial charge in [-0.2, -0.15) is 0 Å². The largest absolute Gasteiger partial charge is 0.508 e. The van der Waals surface area contributed by atoms with Crippen LogP contribution in [0.3, 0.4) is 0 Å². The molecule has 10 nitrogen and oxygen atoms in total. The number of fused-ring (bicyclic) bond motifs is 4. The number of aromatic hydroxyl groups is 2. The monoisotopic (exact) mass is 714 g/mol. The van der Waals surface area contributed by atoms with Crippen molar-refractivity contribution in [1.82, 2.24) is 4.90 Å². The topological polar surface area (TPSA) is 134 Å². The van der Waals surface area contributed by atoms with Crippen LogP contribution in [0, 0.1) is 40.8 Å². The molecule has 12 heteroatoms. The Morgan fingerprint density at radius 2 is 1.63 bits per heavy atom. The van der Waals surface area contributed by atoms with Gasteiger partial charge in [-0.3, -0.25) is 24.1 Å². The number of nitrogens with zero attached hydrogens (tertiary/aromatic N) is 2. The molecule has 2 heterocycles. The van der Waals surface area contributed by atoms with Crippen molar-refractivity contribution in [2.45, 2.75) is 26.2 Å². The van der Waals surface area contributed by atoms with Crippen LogP contribution in [0.5, 0.6) is 23.0 Å². The second kappa shape index (κ2) is 12.9. The Balaban J connectivity index is 1.28. The number of amides is 4. The van der Waals surface area contributed by atoms with Crippen LogP contribution in [0.25, 0.3) is 6.08 Å². The number of anilines is 1. The minimum atomic E-state index is -1.31. The highest BCUT2D eigenvalue weighted by atomic mass is 35.5. The second-order valence-electron chi connectivity index (χ2n) is 13.7. The van der Waals surface area contributed by atoms with E-state index in [9.17, 15) is 33.8 Å². The number of phenols is 2. The minimum absolute atomic E-state index is 0.120. The van der Waals surface area contributed by atoms with Gasteiger partial charge in [0.2, 0.25) is 29.4 Å². The summed E-state index contributed by atoms with van der Waals surface area (Å²) in [6.07, 6.45) is 6.40. The van der Waals surface area contributed by atoms with Gasteiger partial charge in [-0.1, -0.05) is 47.5 Å². The van der Waals surface area contributed by atoms with Gasteiger partial charge in [0, 0.05) is 12.5 Å². The van der Waals surface area contributed by atoms with Crippen LogP contribution in [0.15, 0.2) is 72.3 Å². The fourth-order valence-corrected chi connectivity index (χ4v) is 8.67. The molecule has 4 aliphatic rings. The van der Waals surface area contributed by atoms with E-state index in [0.717, 1.165) is 22.1 Å². The summed E-state index contributed by atoms with van der Waals surface area (Å²) in [4.78, 5) is 59.1. The summed E-state index contributed by atoms with van der Waals surface area (Å²) >= 11 is 6.09. The lowest BCUT2D eigenvalue weighted by Crippen LogP contribution is -2.49. The lowest BCUT2D eigenvalue weighted by atomic mass is 9.52. The summed E-state index contributed by atoms with van der Waals surface area (Å²) in [5.41, 5.74) is 1.08. The summed E-state index contributed by atoms with van der Waals surface area (Å²) in [7, 11) is 2.82. The molecule has 3 aromatic rings. The number of methoxy groups -OCH3 is 2. The highest BCUT2D eigenvalue weighted by Crippen LogP contribution is 2.61. The van der Waals surface area contributed by atoms with Crippen LogP contribution >= 0.6 is 11.6 Å². The third kappa shape index (κ3) is 5.45. The maximum absolute atomic E-state index is 14.5. The van der Waals surface area contributed by atoms with E-state index in [0.29, 0.717) is 18.4 Å². The van der Waals surface area contributed by atoms with E-state index in [4.69, 9.17) is 21.1 Å². The zero-order valence-electron chi connectivity index (χ0n) is 28.1. The molecule has 0 bridgehead atoms. The van der Waals surface area contributed by atoms with Crippen molar-refractivity contribution >= 4 is 47.0 Å². The highest BCUT2D eigenvalue weighted by molar-refractivity contribution is 6.31. The highest BCUT2D eigenvalue weighted by Gasteiger charge is 2.66. The molecule has 2 N–H and O–H groups in total. The molecule has 6 atom stereocenters. The number of carbonyl (C=O) groups excluding carboxylic acids is 4. The summed E-state index contributed by atoms with van der Waals surface area (Å²) in [5, 5.41) is 19.9. The van der Waals surface area contributed by atoms with Gasteiger partial charge >= 0.3 is 0 Å². The van der Waals surface area contributed by atoms with Crippen LogP contribution in [0.4, 0.5) is 10.1 Å². The van der Waals surface area contributed by atoms with Gasteiger partial charge < -0.3 is 19.7 Å². The van der Waals surface area contributed by atoms with E-state index in [1.807, 2.05) is 12.2 Å². The maximum Gasteiger partial charge on any atom is 0.241 e. The van der Waals surface area contributed by atoms with E-state index in [1.54, 1.807) is 49.4 Å². The van der Waals surface area contributed by atoms with Crippen molar-refractivity contribution in [2.75, 3.05) is 25.7 Å². The fourth-order valence-electron chi connectivity index (χ4n) is 8.50. The predicted octanol–water partition coefficient (Wildman–Crippen LogP) is 5.93. The normalized spacial score (nSPS) is 27.1. The van der Waals surface area contributed by atoms with E-state index in [2.05, 4.69) is 0 Å². The molecule has 2 saturated heterocycles. The Morgan fingerprint density at radius 3 is 2.27 bits per heavy atom. The zero-order chi connectivity index (χ0) is 36.4. The Kier molecular flexibility index (Phi) is 8.65. The number of hydrogen-bond acceptors (Lipinski definition) is 8. The third-order valence-corrected chi connectivity index (χ3v) is 11.4. The molecular formula is C39H36ClFN2O8. The molecule has 3 aromatic carbocycles. The van der Waals surface area contributed by atoms with E-state index < -0.39 is 52.6 Å². The van der Waals surface area contributed by atoms with Gasteiger partial charge in [0.15, 0.2) is 11.5 Å². The first-order valence-corrected chi connectivity index (χ1v) is 17.1. The van der Waals surface area contributed by atoms with Crippen LogP contribution in [-0.4, -0.2) is 59.5 Å². The number of halogens is 2. The van der Waals surface area contributed by atoms with Crippen molar-refractivity contribution < 1.29 is 43.3 Å². The van der Waals surface area contributed by atoms with Gasteiger partial charge in [0.05, 0.1) is 48.1 Å². The summed E-state index contributed by atoms with van der Waals surface area (Å²) in [6.45, 7) is 1.91. The fraction of sp³-hybridized carbons (Fsp3) is 0.333. The predicted molar refractivity (Wildman–Crippen MR) is 186 cm³/mol. The molecular weight excluding hydrogens is 679 g/mol. The first kappa shape index (κ1) is 34.3. The molecule has 3 fully saturated rings. The zero-order valence-corrected chi connectivity index (χ0v) is 28.9. The van der Waals surface area contributed by atoms with Gasteiger partial charge in [-0.15, -0.1) is 0 Å². The first-order valence-electron chi connectivity index (χ1n) is 16.7. The first-order chi connectivity index (χ1) is 24.4. The number of benzene rings is 3. The van der Waals surface area contributed by atoms with E-state index in [1.165, 1.54) is 31.3 Å². The van der Waals surface area contributed by atoms with Crippen LogP contribution in [0.2, 0.25) is 5.02 Å². The number of hydrogen-bond donors (Lipinski definition) is 2. The lowest BCUT2D eigenvalue weighted by molar-refractivity contribution is -0.140. The number of phenolic OH excluding ortho intramolecular Hbond substituents is 2. The molecule has 51 heavy (non-hydrogen) atoms. The summed E-state index contributed by atoms with van der Waals surface area (Å²) < 4.78 is 24.8. The van der Waals surface area contributed by atoms with Gasteiger partial charge in [-0.05, 0) is 85.7 Å². The Bertz CT molecular complexity index is 2000. The molecule has 2 aliphatic heterocycles. The second-order valence-corrected chi connectivity index (χ2v) is 14.1. The van der Waals surface area contributed by atoms with Crippen molar-refractivity contribution in [1.29, 1.82) is 0 Å². The third-order valence-electron chi connectivity index (χ3n) is 11.1. The molecule has 264 valence electrons. The Hall–Kier alpha value is -5.16. The quantitative estimate of drug-likeness (QED) is 0.217. The summed E-state index contributed by atoms with van der Waals surface area (Å²) in [5.74, 6) is -5.33. The van der Waals surface area contributed by atoms with Crippen molar-refractivity contribution in [3.8, 4) is 23.0 Å². The van der Waals surface area contributed by atoms with Crippen molar-refractivity contribution in [3.05, 3.63) is 94.3 Å². The number of allylic oxidation sites excluding steroid dienone is 3. The SMILES string of the molecule is COc1cc(C=C[C@H]2C3=CC[C@@H]4C(=O)N(CCc5ccc(O)cc5)C(=O)[C@@H]4[C@@H]3C[C@H]3C(=O)N(c4ccc(F)c(Cl)c4)C(=O)[C@@]23C)cc(OC)c1O. The molecule has 0 aromatic heterocycles. The number of carbonyl (C=O) groups is 4.